The summed E-state index contributed by atoms with van der Waals surface area (Å²) in [5.74, 6) is 0.795. The molecule has 23 heavy (non-hydrogen) atoms. The highest BCUT2D eigenvalue weighted by atomic mass is 35.5. The van der Waals surface area contributed by atoms with Crippen molar-refractivity contribution in [3.05, 3.63) is 23.4 Å². The van der Waals surface area contributed by atoms with E-state index in [2.05, 4.69) is 9.88 Å². The van der Waals surface area contributed by atoms with Gasteiger partial charge in [0.15, 0.2) is 0 Å². The molecule has 3 rings (SSSR count). The van der Waals surface area contributed by atoms with Crippen LogP contribution in [0.1, 0.15) is 67.4 Å². The molecule has 2 aliphatic rings. The Kier molecular flexibility index (Phi) is 5.42. The normalized spacial score (nSPS) is 19.2. The first-order valence-electron chi connectivity index (χ1n) is 8.67. The van der Waals surface area contributed by atoms with Gasteiger partial charge in [-0.15, -0.1) is 11.6 Å². The number of amides is 1. The van der Waals surface area contributed by atoms with Crippen LogP contribution in [-0.2, 0) is 5.88 Å². The zero-order valence-electron chi connectivity index (χ0n) is 13.8. The summed E-state index contributed by atoms with van der Waals surface area (Å²) in [6.45, 7) is 0. The van der Waals surface area contributed by atoms with E-state index in [4.69, 9.17) is 16.3 Å². The molecule has 2 aliphatic carbocycles. The van der Waals surface area contributed by atoms with E-state index in [-0.39, 0.29) is 5.91 Å². The number of nitrogens with zero attached hydrogens (tertiary/aromatic N) is 2. The van der Waals surface area contributed by atoms with Gasteiger partial charge in [-0.2, -0.15) is 0 Å². The number of methoxy groups -OCH3 is 1. The monoisotopic (exact) mass is 336 g/mol. The Labute approximate surface area is 143 Å². The lowest BCUT2D eigenvalue weighted by Crippen LogP contribution is -2.45. The predicted octanol–water partition coefficient (Wildman–Crippen LogP) is 4.16. The highest BCUT2D eigenvalue weighted by molar-refractivity contribution is 6.16. The van der Waals surface area contributed by atoms with Crippen molar-refractivity contribution in [2.24, 2.45) is 0 Å². The second kappa shape index (κ2) is 7.52. The summed E-state index contributed by atoms with van der Waals surface area (Å²) in [6, 6.07) is 4.40. The number of pyridine rings is 1. The molecule has 0 aliphatic heterocycles. The number of alkyl halides is 1. The molecule has 1 aromatic heterocycles. The summed E-state index contributed by atoms with van der Waals surface area (Å²) in [5, 5.41) is 0. The number of hydrogen-bond acceptors (Lipinski definition) is 3. The van der Waals surface area contributed by atoms with Gasteiger partial charge in [-0.1, -0.05) is 25.7 Å². The third kappa shape index (κ3) is 3.47. The van der Waals surface area contributed by atoms with Gasteiger partial charge in [-0.05, 0) is 37.8 Å². The van der Waals surface area contributed by atoms with E-state index in [1.165, 1.54) is 25.7 Å². The molecule has 0 saturated heterocycles. The molecule has 1 amide bonds. The average molecular weight is 337 g/mol. The van der Waals surface area contributed by atoms with Crippen LogP contribution in [0.3, 0.4) is 0 Å². The molecule has 0 atom stereocenters. The molecular formula is C18H25ClN2O2. The Balaban J connectivity index is 1.90. The third-order valence-corrected chi connectivity index (χ3v) is 5.42. The average Bonchev–Trinajstić information content (AvgIpc) is 3.28. The van der Waals surface area contributed by atoms with Crippen molar-refractivity contribution >= 4 is 17.5 Å². The van der Waals surface area contributed by atoms with Crippen LogP contribution in [0.5, 0.6) is 5.88 Å². The van der Waals surface area contributed by atoms with Gasteiger partial charge in [0, 0.05) is 12.1 Å². The van der Waals surface area contributed by atoms with Gasteiger partial charge in [-0.3, -0.25) is 4.79 Å². The Bertz CT molecular complexity index is 536. The maximum Gasteiger partial charge on any atom is 0.259 e. The summed E-state index contributed by atoms with van der Waals surface area (Å²) in [7, 11) is 1.56. The van der Waals surface area contributed by atoms with Gasteiger partial charge in [0.1, 0.15) is 5.56 Å². The maximum atomic E-state index is 13.3. The molecule has 126 valence electrons. The number of aromatic nitrogens is 1. The summed E-state index contributed by atoms with van der Waals surface area (Å²) in [6.07, 6.45) is 9.39. The number of rotatable bonds is 5. The highest BCUT2D eigenvalue weighted by Crippen LogP contribution is 2.34. The molecule has 0 radical (unpaired) electrons. The fourth-order valence-corrected chi connectivity index (χ4v) is 4.15. The minimum absolute atomic E-state index is 0.0780. The standard InChI is InChI=1S/C18H25ClN2O2/c1-23-17-16(11-10-13(12-19)20-17)18(22)21(14-6-2-3-7-14)15-8-4-5-9-15/h10-11,14-15H,2-9,12H2,1H3. The fraction of sp³-hybridized carbons (Fsp3) is 0.667. The van der Waals surface area contributed by atoms with E-state index in [1.807, 2.05) is 12.1 Å². The Hall–Kier alpha value is -1.29. The molecule has 1 heterocycles. The highest BCUT2D eigenvalue weighted by Gasteiger charge is 2.35. The SMILES string of the molecule is COc1nc(CCl)ccc1C(=O)N(C1CCCC1)C1CCCC1. The largest absolute Gasteiger partial charge is 0.480 e. The quantitative estimate of drug-likeness (QED) is 0.758. The predicted molar refractivity (Wildman–Crippen MR) is 91.0 cm³/mol. The Morgan fingerprint density at radius 3 is 2.22 bits per heavy atom. The molecule has 0 bridgehead atoms. The number of carbonyl (C=O) groups excluding carboxylic acids is 1. The van der Waals surface area contributed by atoms with E-state index in [0.717, 1.165) is 31.4 Å². The smallest absolute Gasteiger partial charge is 0.259 e. The van der Waals surface area contributed by atoms with Crippen LogP contribution in [0, 0.1) is 0 Å². The molecule has 2 fully saturated rings. The van der Waals surface area contributed by atoms with E-state index < -0.39 is 0 Å². The lowest BCUT2D eigenvalue weighted by molar-refractivity contribution is 0.0576. The van der Waals surface area contributed by atoms with Gasteiger partial charge >= 0.3 is 0 Å². The Morgan fingerprint density at radius 2 is 1.74 bits per heavy atom. The van der Waals surface area contributed by atoms with Crippen molar-refractivity contribution in [1.82, 2.24) is 9.88 Å². The first kappa shape index (κ1) is 16.6. The molecule has 0 aromatic carbocycles. The van der Waals surface area contributed by atoms with Crippen LogP contribution < -0.4 is 4.74 Å². The van der Waals surface area contributed by atoms with Crippen molar-refractivity contribution in [2.75, 3.05) is 7.11 Å². The molecule has 1 aromatic rings. The number of carbonyl (C=O) groups is 1. The lowest BCUT2D eigenvalue weighted by atomic mass is 10.1. The summed E-state index contributed by atoms with van der Waals surface area (Å²) >= 11 is 5.84. The van der Waals surface area contributed by atoms with Gasteiger partial charge in [0.2, 0.25) is 5.88 Å². The van der Waals surface area contributed by atoms with E-state index in [9.17, 15) is 4.79 Å². The molecule has 0 spiro atoms. The third-order valence-electron chi connectivity index (χ3n) is 5.15. The molecule has 0 unspecified atom stereocenters. The maximum absolute atomic E-state index is 13.3. The van der Waals surface area contributed by atoms with Crippen LogP contribution in [0.25, 0.3) is 0 Å². The Morgan fingerprint density at radius 1 is 1.17 bits per heavy atom. The van der Waals surface area contributed by atoms with Crippen LogP contribution >= 0.6 is 11.6 Å². The van der Waals surface area contributed by atoms with Crippen LogP contribution in [-0.4, -0.2) is 35.0 Å². The molecule has 5 heteroatoms. The summed E-state index contributed by atoms with van der Waals surface area (Å²) in [4.78, 5) is 19.8. The van der Waals surface area contributed by atoms with Gasteiger partial charge in [-0.25, -0.2) is 4.98 Å². The molecule has 2 saturated carbocycles. The molecule has 4 nitrogen and oxygen atoms in total. The summed E-state index contributed by atoms with van der Waals surface area (Å²) in [5.41, 5.74) is 1.30. The first-order valence-corrected chi connectivity index (χ1v) is 9.20. The number of ether oxygens (including phenoxy) is 1. The van der Waals surface area contributed by atoms with Crippen molar-refractivity contribution < 1.29 is 9.53 Å². The molecule has 0 N–H and O–H groups in total. The zero-order chi connectivity index (χ0) is 16.2. The van der Waals surface area contributed by atoms with Crippen molar-refractivity contribution in [1.29, 1.82) is 0 Å². The van der Waals surface area contributed by atoms with Crippen LogP contribution in [0.4, 0.5) is 0 Å². The van der Waals surface area contributed by atoms with Crippen LogP contribution in [0.2, 0.25) is 0 Å². The first-order chi connectivity index (χ1) is 11.2. The van der Waals surface area contributed by atoms with Gasteiger partial charge in [0.05, 0.1) is 18.7 Å². The second-order valence-corrected chi connectivity index (χ2v) is 6.85. The fourth-order valence-electron chi connectivity index (χ4n) is 4.01. The van der Waals surface area contributed by atoms with Crippen molar-refractivity contribution in [3.8, 4) is 5.88 Å². The lowest BCUT2D eigenvalue weighted by Gasteiger charge is -2.35. The summed E-state index contributed by atoms with van der Waals surface area (Å²) < 4.78 is 5.37. The zero-order valence-corrected chi connectivity index (χ0v) is 14.5. The van der Waals surface area contributed by atoms with E-state index in [0.29, 0.717) is 29.4 Å². The molecular weight excluding hydrogens is 312 g/mol. The van der Waals surface area contributed by atoms with E-state index in [1.54, 1.807) is 7.11 Å². The van der Waals surface area contributed by atoms with Crippen LogP contribution in [0.15, 0.2) is 12.1 Å². The number of hydrogen-bond donors (Lipinski definition) is 0. The number of halogens is 1. The minimum atomic E-state index is 0.0780. The van der Waals surface area contributed by atoms with Crippen molar-refractivity contribution in [2.45, 2.75) is 69.3 Å². The van der Waals surface area contributed by atoms with Crippen molar-refractivity contribution in [3.63, 3.8) is 0 Å². The topological polar surface area (TPSA) is 42.4 Å². The van der Waals surface area contributed by atoms with E-state index >= 15 is 0 Å². The second-order valence-electron chi connectivity index (χ2n) is 6.58. The minimum Gasteiger partial charge on any atom is -0.480 e. The van der Waals surface area contributed by atoms with Gasteiger partial charge in [0.25, 0.3) is 5.91 Å². The van der Waals surface area contributed by atoms with Gasteiger partial charge < -0.3 is 9.64 Å².